The van der Waals surface area contributed by atoms with Gasteiger partial charge in [-0.15, -0.1) is 24.0 Å². The smallest absolute Gasteiger partial charge is 0.191 e. The van der Waals surface area contributed by atoms with Gasteiger partial charge in [0.15, 0.2) is 5.96 Å². The highest BCUT2D eigenvalue weighted by Crippen LogP contribution is 2.23. The fraction of sp³-hybridized carbons (Fsp3) is 0.458. The van der Waals surface area contributed by atoms with E-state index in [2.05, 4.69) is 32.7 Å². The topological polar surface area (TPSA) is 67.4 Å². The third-order valence-corrected chi connectivity index (χ3v) is 5.65. The third-order valence-electron chi connectivity index (χ3n) is 5.65. The van der Waals surface area contributed by atoms with Gasteiger partial charge in [0.2, 0.25) is 0 Å². The van der Waals surface area contributed by atoms with Crippen LogP contribution in [0.2, 0.25) is 0 Å². The minimum atomic E-state index is -0.262. The lowest BCUT2D eigenvalue weighted by Gasteiger charge is -2.35. The van der Waals surface area contributed by atoms with E-state index in [9.17, 15) is 4.39 Å². The lowest BCUT2D eigenvalue weighted by molar-refractivity contribution is 0.0169. The Kier molecular flexibility index (Phi) is 11.9. The van der Waals surface area contributed by atoms with E-state index in [0.717, 1.165) is 37.6 Å². The van der Waals surface area contributed by atoms with E-state index >= 15 is 0 Å². The molecule has 182 valence electrons. The molecule has 2 unspecified atom stereocenters. The van der Waals surface area contributed by atoms with Crippen LogP contribution in [0.5, 0.6) is 5.75 Å². The van der Waals surface area contributed by atoms with Gasteiger partial charge in [0, 0.05) is 40.3 Å². The zero-order valence-corrected chi connectivity index (χ0v) is 21.8. The molecule has 0 spiro atoms. The predicted octanol–water partition coefficient (Wildman–Crippen LogP) is 3.38. The monoisotopic (exact) mass is 572 g/mol. The summed E-state index contributed by atoms with van der Waals surface area (Å²) in [6.45, 7) is 4.40. The zero-order chi connectivity index (χ0) is 22.8. The van der Waals surface area contributed by atoms with E-state index in [0.29, 0.717) is 19.0 Å². The normalized spacial score (nSPS) is 16.4. The van der Waals surface area contributed by atoms with Gasteiger partial charge in [-0.1, -0.05) is 24.3 Å². The standard InChI is InChI=1S/C24H33FN4O3.HI/c1-26-24(28-17-23(31-3)19-4-8-20(25)9-5-19)27-16-22(29-12-14-32-15-13-29)18-6-10-21(30-2)11-7-18;/h4-11,22-23H,12-17H2,1-3H3,(H2,26,27,28);1H. The fourth-order valence-electron chi connectivity index (χ4n) is 3.79. The number of nitrogens with zero attached hydrogens (tertiary/aromatic N) is 2. The Bertz CT molecular complexity index is 846. The molecule has 2 atom stereocenters. The molecule has 0 radical (unpaired) electrons. The van der Waals surface area contributed by atoms with Gasteiger partial charge in [-0.2, -0.15) is 0 Å². The van der Waals surface area contributed by atoms with Crippen LogP contribution >= 0.6 is 24.0 Å². The molecule has 2 N–H and O–H groups in total. The summed E-state index contributed by atoms with van der Waals surface area (Å²) in [5, 5.41) is 6.76. The maximum Gasteiger partial charge on any atom is 0.191 e. The Morgan fingerprint density at radius 1 is 1.00 bits per heavy atom. The molecule has 1 saturated heterocycles. The number of rotatable bonds is 9. The van der Waals surface area contributed by atoms with Crippen molar-refractivity contribution in [2.45, 2.75) is 12.1 Å². The molecule has 9 heteroatoms. The minimum absolute atomic E-state index is 0. The van der Waals surface area contributed by atoms with Crippen molar-refractivity contribution >= 4 is 29.9 Å². The summed E-state index contributed by atoms with van der Waals surface area (Å²) in [6.07, 6.45) is -0.217. The molecule has 3 rings (SSSR count). The van der Waals surface area contributed by atoms with Gasteiger partial charge < -0.3 is 24.8 Å². The van der Waals surface area contributed by atoms with E-state index in [4.69, 9.17) is 14.2 Å². The van der Waals surface area contributed by atoms with E-state index in [1.165, 1.54) is 17.7 Å². The van der Waals surface area contributed by atoms with Gasteiger partial charge in [0.25, 0.3) is 0 Å². The Morgan fingerprint density at radius 2 is 1.61 bits per heavy atom. The molecule has 0 aromatic heterocycles. The highest BCUT2D eigenvalue weighted by Gasteiger charge is 2.23. The van der Waals surface area contributed by atoms with Gasteiger partial charge in [0.1, 0.15) is 11.6 Å². The molecular weight excluding hydrogens is 538 g/mol. The van der Waals surface area contributed by atoms with Crippen molar-refractivity contribution in [1.29, 1.82) is 0 Å². The molecule has 2 aromatic carbocycles. The van der Waals surface area contributed by atoms with E-state index < -0.39 is 0 Å². The average Bonchev–Trinajstić information content (AvgIpc) is 2.85. The lowest BCUT2D eigenvalue weighted by Crippen LogP contribution is -2.46. The Hall–Kier alpha value is -1.95. The highest BCUT2D eigenvalue weighted by molar-refractivity contribution is 14.0. The van der Waals surface area contributed by atoms with Gasteiger partial charge in [-0.05, 0) is 35.4 Å². The molecule has 7 nitrogen and oxygen atoms in total. The van der Waals surface area contributed by atoms with Crippen LogP contribution in [-0.4, -0.2) is 71.5 Å². The molecule has 1 heterocycles. The van der Waals surface area contributed by atoms with Crippen molar-refractivity contribution in [3.05, 3.63) is 65.5 Å². The number of hydrogen-bond donors (Lipinski definition) is 2. The number of aliphatic imine (C=N–C) groups is 1. The Balaban J connectivity index is 0.00000385. The molecule has 0 aliphatic carbocycles. The first-order valence-electron chi connectivity index (χ1n) is 10.8. The van der Waals surface area contributed by atoms with Crippen molar-refractivity contribution in [2.75, 3.05) is 60.7 Å². The van der Waals surface area contributed by atoms with Crippen LogP contribution in [0, 0.1) is 5.82 Å². The number of morpholine rings is 1. The molecule has 1 aliphatic heterocycles. The van der Waals surface area contributed by atoms with Crippen molar-refractivity contribution in [3.8, 4) is 5.75 Å². The summed E-state index contributed by atoms with van der Waals surface area (Å²) < 4.78 is 29.7. The van der Waals surface area contributed by atoms with Crippen LogP contribution in [0.4, 0.5) is 4.39 Å². The molecule has 0 saturated carbocycles. The first-order chi connectivity index (χ1) is 15.6. The average molecular weight is 572 g/mol. The van der Waals surface area contributed by atoms with Crippen LogP contribution < -0.4 is 15.4 Å². The first kappa shape index (κ1) is 27.3. The number of hydrogen-bond acceptors (Lipinski definition) is 5. The van der Waals surface area contributed by atoms with Crippen LogP contribution in [0.15, 0.2) is 53.5 Å². The Labute approximate surface area is 212 Å². The Morgan fingerprint density at radius 3 is 2.18 bits per heavy atom. The summed E-state index contributed by atoms with van der Waals surface area (Å²) in [5.41, 5.74) is 2.11. The second kappa shape index (κ2) is 14.3. The van der Waals surface area contributed by atoms with Crippen molar-refractivity contribution in [3.63, 3.8) is 0 Å². The van der Waals surface area contributed by atoms with Crippen LogP contribution in [0.3, 0.4) is 0 Å². The maximum atomic E-state index is 13.2. The van der Waals surface area contributed by atoms with Crippen LogP contribution in [0.1, 0.15) is 23.3 Å². The largest absolute Gasteiger partial charge is 0.497 e. The molecule has 1 aliphatic rings. The second-order valence-electron chi connectivity index (χ2n) is 7.55. The summed E-state index contributed by atoms with van der Waals surface area (Å²) in [7, 11) is 5.06. The minimum Gasteiger partial charge on any atom is -0.497 e. The fourth-order valence-corrected chi connectivity index (χ4v) is 3.79. The van der Waals surface area contributed by atoms with Crippen LogP contribution in [-0.2, 0) is 9.47 Å². The quantitative estimate of drug-likeness (QED) is 0.273. The van der Waals surface area contributed by atoms with Crippen molar-refractivity contribution in [1.82, 2.24) is 15.5 Å². The number of methoxy groups -OCH3 is 2. The molecule has 0 bridgehead atoms. The number of guanidine groups is 1. The molecule has 33 heavy (non-hydrogen) atoms. The number of halogens is 2. The zero-order valence-electron chi connectivity index (χ0n) is 19.4. The molecule has 2 aromatic rings. The van der Waals surface area contributed by atoms with E-state index in [-0.39, 0.29) is 41.9 Å². The van der Waals surface area contributed by atoms with Gasteiger partial charge in [-0.3, -0.25) is 9.89 Å². The summed E-state index contributed by atoms with van der Waals surface area (Å²) in [5.74, 6) is 1.26. The summed E-state index contributed by atoms with van der Waals surface area (Å²) >= 11 is 0. The molecule has 0 amide bonds. The maximum absolute atomic E-state index is 13.2. The first-order valence-corrected chi connectivity index (χ1v) is 10.8. The van der Waals surface area contributed by atoms with Crippen molar-refractivity contribution in [2.24, 2.45) is 4.99 Å². The van der Waals surface area contributed by atoms with E-state index in [1.807, 2.05) is 12.1 Å². The summed E-state index contributed by atoms with van der Waals surface area (Å²) in [6, 6.07) is 14.7. The predicted molar refractivity (Wildman–Crippen MR) is 139 cm³/mol. The van der Waals surface area contributed by atoms with Gasteiger partial charge >= 0.3 is 0 Å². The van der Waals surface area contributed by atoms with E-state index in [1.54, 1.807) is 33.4 Å². The number of nitrogens with one attached hydrogen (secondary N) is 2. The SMILES string of the molecule is CN=C(NCC(OC)c1ccc(F)cc1)NCC(c1ccc(OC)cc1)N1CCOCC1.I. The third kappa shape index (κ3) is 8.09. The lowest BCUT2D eigenvalue weighted by atomic mass is 10.0. The number of benzene rings is 2. The van der Waals surface area contributed by atoms with Gasteiger partial charge in [-0.25, -0.2) is 4.39 Å². The highest BCUT2D eigenvalue weighted by atomic mass is 127. The molecule has 1 fully saturated rings. The van der Waals surface area contributed by atoms with Crippen LogP contribution in [0.25, 0.3) is 0 Å². The molecular formula is C24H34FIN4O3. The summed E-state index contributed by atoms with van der Waals surface area (Å²) in [4.78, 5) is 6.77. The van der Waals surface area contributed by atoms with Crippen molar-refractivity contribution < 1.29 is 18.6 Å². The van der Waals surface area contributed by atoms with Gasteiger partial charge in [0.05, 0.1) is 32.5 Å². The second-order valence-corrected chi connectivity index (χ2v) is 7.55. The number of ether oxygens (including phenoxy) is 3.